The Kier molecular flexibility index (Phi) is 8.48. The molecule has 10 heavy (non-hydrogen) atoms. The van der Waals surface area contributed by atoms with Gasteiger partial charge in [-0.3, -0.25) is 4.79 Å². The monoisotopic (exact) mass is 167 g/mol. The molecule has 3 nitrogen and oxygen atoms in total. The first-order valence-corrected chi connectivity index (χ1v) is 3.02. The molecule has 0 amide bonds. The van der Waals surface area contributed by atoms with E-state index in [2.05, 4.69) is 4.74 Å². The Morgan fingerprint density at radius 1 is 1.60 bits per heavy atom. The highest BCUT2D eigenvalue weighted by Gasteiger charge is 1.99. The molecule has 0 atom stereocenters. The van der Waals surface area contributed by atoms with Crippen molar-refractivity contribution in [3.63, 3.8) is 0 Å². The fourth-order valence-electron chi connectivity index (χ4n) is 0.319. The zero-order valence-electron chi connectivity index (χ0n) is 6.29. The van der Waals surface area contributed by atoms with E-state index in [0.717, 1.165) is 0 Å². The average Bonchev–Trinajstić information content (AvgIpc) is 1.83. The third kappa shape index (κ3) is 7.72. The van der Waals surface area contributed by atoms with Crippen LogP contribution in [0.5, 0.6) is 0 Å². The minimum atomic E-state index is -0.330. The van der Waals surface area contributed by atoms with Crippen LogP contribution in [0, 0.1) is 5.92 Å². The van der Waals surface area contributed by atoms with Crippen LogP contribution in [0.25, 0.3) is 0 Å². The molecule has 0 rings (SSSR count). The average molecular weight is 168 g/mol. The van der Waals surface area contributed by atoms with Crippen LogP contribution in [-0.2, 0) is 9.53 Å². The smallest absolute Gasteiger partial charge is 0.319 e. The van der Waals surface area contributed by atoms with Gasteiger partial charge in [0, 0.05) is 0 Å². The number of hydrogen-bond donors (Lipinski definition) is 1. The number of ether oxygens (including phenoxy) is 1. The molecule has 0 spiro atoms. The molecule has 0 fully saturated rings. The molecule has 0 heterocycles. The van der Waals surface area contributed by atoms with Gasteiger partial charge >= 0.3 is 5.97 Å². The second-order valence-electron chi connectivity index (χ2n) is 2.28. The summed E-state index contributed by atoms with van der Waals surface area (Å²) in [7, 11) is 0. The molecule has 0 bridgehead atoms. The van der Waals surface area contributed by atoms with Gasteiger partial charge in [0.05, 0.1) is 13.2 Å². The second-order valence-corrected chi connectivity index (χ2v) is 2.28. The van der Waals surface area contributed by atoms with Gasteiger partial charge in [-0.05, 0) is 5.92 Å². The van der Waals surface area contributed by atoms with E-state index >= 15 is 0 Å². The summed E-state index contributed by atoms with van der Waals surface area (Å²) in [6, 6.07) is 0. The number of nitrogens with two attached hydrogens (primary N) is 1. The normalized spacial score (nSPS) is 8.80. The molecular formula is C6H14ClNO2. The topological polar surface area (TPSA) is 52.3 Å². The molecule has 2 N–H and O–H groups in total. The summed E-state index contributed by atoms with van der Waals surface area (Å²) in [6.07, 6.45) is 0. The van der Waals surface area contributed by atoms with Gasteiger partial charge < -0.3 is 10.5 Å². The summed E-state index contributed by atoms with van der Waals surface area (Å²) in [5.74, 6) is 0.0594. The number of carbonyl (C=O) groups is 1. The van der Waals surface area contributed by atoms with Crippen molar-refractivity contribution in [3.8, 4) is 0 Å². The van der Waals surface area contributed by atoms with Gasteiger partial charge in [-0.25, -0.2) is 0 Å². The van der Waals surface area contributed by atoms with Gasteiger partial charge in [0.25, 0.3) is 0 Å². The van der Waals surface area contributed by atoms with E-state index in [9.17, 15) is 4.79 Å². The summed E-state index contributed by atoms with van der Waals surface area (Å²) < 4.78 is 4.69. The number of esters is 1. The molecule has 0 aromatic heterocycles. The lowest BCUT2D eigenvalue weighted by atomic mass is 10.2. The molecule has 4 heteroatoms. The lowest BCUT2D eigenvalue weighted by molar-refractivity contribution is -0.142. The molecule has 0 unspecified atom stereocenters. The van der Waals surface area contributed by atoms with E-state index in [1.165, 1.54) is 0 Å². The summed E-state index contributed by atoms with van der Waals surface area (Å²) in [4.78, 5) is 10.4. The van der Waals surface area contributed by atoms with Gasteiger partial charge in [-0.2, -0.15) is 0 Å². The highest BCUT2D eigenvalue weighted by Crippen LogP contribution is 1.91. The van der Waals surface area contributed by atoms with E-state index in [-0.39, 0.29) is 24.9 Å². The number of carbonyl (C=O) groups excluding carboxylic acids is 1. The van der Waals surface area contributed by atoms with Gasteiger partial charge in [-0.1, -0.05) is 13.8 Å². The summed E-state index contributed by atoms with van der Waals surface area (Å²) >= 11 is 0. The third-order valence-electron chi connectivity index (χ3n) is 0.744. The first kappa shape index (κ1) is 12.4. The van der Waals surface area contributed by atoms with E-state index in [1.54, 1.807) is 0 Å². The Morgan fingerprint density at radius 3 is 2.40 bits per heavy atom. The van der Waals surface area contributed by atoms with Crippen molar-refractivity contribution in [2.75, 3.05) is 13.2 Å². The zero-order valence-corrected chi connectivity index (χ0v) is 7.11. The van der Waals surface area contributed by atoms with Gasteiger partial charge in [0.2, 0.25) is 0 Å². The number of hydrogen-bond acceptors (Lipinski definition) is 3. The molecule has 0 aliphatic carbocycles. The van der Waals surface area contributed by atoms with Gasteiger partial charge in [0.15, 0.2) is 0 Å². The molecular weight excluding hydrogens is 154 g/mol. The highest BCUT2D eigenvalue weighted by molar-refractivity contribution is 5.85. The van der Waals surface area contributed by atoms with Crippen LogP contribution in [0.3, 0.4) is 0 Å². The van der Waals surface area contributed by atoms with Crippen molar-refractivity contribution in [1.82, 2.24) is 0 Å². The van der Waals surface area contributed by atoms with Crippen LogP contribution in [0.15, 0.2) is 0 Å². The van der Waals surface area contributed by atoms with Crippen molar-refractivity contribution in [2.45, 2.75) is 13.8 Å². The molecule has 0 aromatic carbocycles. The second kappa shape index (κ2) is 6.83. The summed E-state index contributed by atoms with van der Waals surface area (Å²) in [5, 5.41) is 0. The molecule has 0 aliphatic rings. The van der Waals surface area contributed by atoms with Crippen LogP contribution in [0.1, 0.15) is 13.8 Å². The molecule has 0 radical (unpaired) electrons. The number of rotatable bonds is 3. The van der Waals surface area contributed by atoms with Gasteiger partial charge in [-0.15, -0.1) is 12.4 Å². The fraction of sp³-hybridized carbons (Fsp3) is 0.833. The third-order valence-corrected chi connectivity index (χ3v) is 0.744. The molecule has 0 saturated heterocycles. The van der Waals surface area contributed by atoms with E-state index < -0.39 is 0 Å². The van der Waals surface area contributed by atoms with Crippen molar-refractivity contribution < 1.29 is 9.53 Å². The van der Waals surface area contributed by atoms with Crippen LogP contribution in [-0.4, -0.2) is 19.1 Å². The molecule has 0 saturated carbocycles. The fourth-order valence-corrected chi connectivity index (χ4v) is 0.319. The van der Waals surface area contributed by atoms with Crippen LogP contribution >= 0.6 is 12.4 Å². The maximum absolute atomic E-state index is 10.4. The Balaban J connectivity index is 0. The molecule has 62 valence electrons. The Bertz CT molecular complexity index is 95.7. The maximum atomic E-state index is 10.4. The van der Waals surface area contributed by atoms with Crippen molar-refractivity contribution in [1.29, 1.82) is 0 Å². The van der Waals surface area contributed by atoms with Crippen molar-refractivity contribution in [2.24, 2.45) is 11.7 Å². The standard InChI is InChI=1S/C6H13NO2.ClH/c1-5(2)4-9-6(8)3-7;/h5H,3-4,7H2,1-2H3;1H. The SMILES string of the molecule is CC(C)COC(=O)CN.Cl. The van der Waals surface area contributed by atoms with Crippen molar-refractivity contribution in [3.05, 3.63) is 0 Å². The predicted molar refractivity (Wildman–Crippen MR) is 42.1 cm³/mol. The Hall–Kier alpha value is -0.280. The van der Waals surface area contributed by atoms with E-state index in [0.29, 0.717) is 12.5 Å². The maximum Gasteiger partial charge on any atom is 0.319 e. The predicted octanol–water partition coefficient (Wildman–Crippen LogP) is 0.566. The van der Waals surface area contributed by atoms with Crippen LogP contribution in [0.4, 0.5) is 0 Å². The number of halogens is 1. The lowest BCUT2D eigenvalue weighted by Crippen LogP contribution is -2.18. The summed E-state index contributed by atoms with van der Waals surface area (Å²) in [5.41, 5.74) is 4.98. The Labute approximate surface area is 67.3 Å². The molecule has 0 aromatic rings. The zero-order chi connectivity index (χ0) is 7.28. The minimum Gasteiger partial charge on any atom is -0.464 e. The first-order chi connectivity index (χ1) is 4.16. The summed E-state index contributed by atoms with van der Waals surface area (Å²) in [6.45, 7) is 4.40. The van der Waals surface area contributed by atoms with Crippen LogP contribution in [0.2, 0.25) is 0 Å². The Morgan fingerprint density at radius 2 is 2.10 bits per heavy atom. The van der Waals surface area contributed by atoms with Crippen LogP contribution < -0.4 is 5.73 Å². The quantitative estimate of drug-likeness (QED) is 0.626. The molecule has 0 aliphatic heterocycles. The first-order valence-electron chi connectivity index (χ1n) is 3.02. The largest absolute Gasteiger partial charge is 0.464 e. The van der Waals surface area contributed by atoms with E-state index in [1.807, 2.05) is 13.8 Å². The van der Waals surface area contributed by atoms with Crippen molar-refractivity contribution >= 4 is 18.4 Å². The lowest BCUT2D eigenvalue weighted by Gasteiger charge is -2.04. The minimum absolute atomic E-state index is 0. The highest BCUT2D eigenvalue weighted by atomic mass is 35.5. The van der Waals surface area contributed by atoms with Gasteiger partial charge in [0.1, 0.15) is 0 Å². The van der Waals surface area contributed by atoms with E-state index in [4.69, 9.17) is 5.73 Å².